The van der Waals surface area contributed by atoms with Crippen molar-refractivity contribution >= 4 is 34.2 Å². The lowest BCUT2D eigenvalue weighted by molar-refractivity contribution is -0.130. The van der Waals surface area contributed by atoms with Crippen molar-refractivity contribution in [3.63, 3.8) is 0 Å². The highest BCUT2D eigenvalue weighted by atomic mass is 79.9. The van der Waals surface area contributed by atoms with Crippen molar-refractivity contribution in [2.24, 2.45) is 5.92 Å². The molecule has 0 radical (unpaired) electrons. The first-order chi connectivity index (χ1) is 9.21. The third-order valence-electron chi connectivity index (χ3n) is 4.46. The van der Waals surface area contributed by atoms with Gasteiger partial charge in [0.25, 0.3) is 0 Å². The van der Waals surface area contributed by atoms with Gasteiger partial charge in [-0.3, -0.25) is 4.79 Å². The maximum absolute atomic E-state index is 12.5. The summed E-state index contributed by atoms with van der Waals surface area (Å²) < 4.78 is 1.06. The number of carbonyl (C=O) groups is 1. The van der Waals surface area contributed by atoms with Gasteiger partial charge in [0.05, 0.1) is 5.41 Å². The third kappa shape index (κ3) is 2.87. The van der Waals surface area contributed by atoms with Crippen molar-refractivity contribution in [3.05, 3.63) is 34.3 Å². The number of halogens is 2. The standard InChI is InChI=1S/C15H19BrN2O.ClH/c16-13-4-2-12(3-5-13)15(6-1-7-15)14(19)18-10-11-8-17-9-11;/h2-5,11,17H,1,6-10H2,(H,18,19);1H. The highest BCUT2D eigenvalue weighted by Gasteiger charge is 2.45. The van der Waals surface area contributed by atoms with Gasteiger partial charge < -0.3 is 10.6 Å². The number of amides is 1. The van der Waals surface area contributed by atoms with Crippen LogP contribution in [0.4, 0.5) is 0 Å². The van der Waals surface area contributed by atoms with Gasteiger partial charge in [0.1, 0.15) is 0 Å². The Morgan fingerprint density at radius 3 is 2.40 bits per heavy atom. The molecule has 0 atom stereocenters. The van der Waals surface area contributed by atoms with E-state index in [0.717, 1.165) is 48.9 Å². The van der Waals surface area contributed by atoms with Crippen molar-refractivity contribution in [1.29, 1.82) is 0 Å². The number of hydrogen-bond donors (Lipinski definition) is 2. The van der Waals surface area contributed by atoms with Gasteiger partial charge in [0.15, 0.2) is 0 Å². The highest BCUT2D eigenvalue weighted by Crippen LogP contribution is 2.44. The van der Waals surface area contributed by atoms with Crippen LogP contribution in [0.3, 0.4) is 0 Å². The van der Waals surface area contributed by atoms with Crippen molar-refractivity contribution in [1.82, 2.24) is 10.6 Å². The monoisotopic (exact) mass is 358 g/mol. The topological polar surface area (TPSA) is 41.1 Å². The number of hydrogen-bond acceptors (Lipinski definition) is 2. The molecule has 2 aliphatic rings. The molecular weight excluding hydrogens is 340 g/mol. The molecule has 3 rings (SSSR count). The minimum atomic E-state index is -0.266. The fourth-order valence-electron chi connectivity index (χ4n) is 2.85. The number of rotatable bonds is 4. The molecule has 5 heteroatoms. The minimum absolute atomic E-state index is 0. The van der Waals surface area contributed by atoms with Crippen LogP contribution in [-0.4, -0.2) is 25.5 Å². The quantitative estimate of drug-likeness (QED) is 0.868. The molecule has 1 amide bonds. The molecule has 110 valence electrons. The zero-order valence-electron chi connectivity index (χ0n) is 11.3. The predicted molar refractivity (Wildman–Crippen MR) is 86.3 cm³/mol. The average Bonchev–Trinajstić information content (AvgIpc) is 2.28. The summed E-state index contributed by atoms with van der Waals surface area (Å²) >= 11 is 3.45. The van der Waals surface area contributed by atoms with Crippen LogP contribution < -0.4 is 10.6 Å². The summed E-state index contributed by atoms with van der Waals surface area (Å²) in [5.74, 6) is 0.832. The van der Waals surface area contributed by atoms with Gasteiger partial charge >= 0.3 is 0 Å². The van der Waals surface area contributed by atoms with Crippen LogP contribution in [0, 0.1) is 5.92 Å². The highest BCUT2D eigenvalue weighted by molar-refractivity contribution is 9.10. The first-order valence-corrected chi connectivity index (χ1v) is 7.75. The normalized spacial score (nSPS) is 20.2. The molecule has 20 heavy (non-hydrogen) atoms. The summed E-state index contributed by atoms with van der Waals surface area (Å²) in [4.78, 5) is 12.5. The van der Waals surface area contributed by atoms with E-state index in [1.54, 1.807) is 0 Å². The molecule has 0 bridgehead atoms. The van der Waals surface area contributed by atoms with Gasteiger partial charge in [-0.2, -0.15) is 0 Å². The van der Waals surface area contributed by atoms with Crippen molar-refractivity contribution in [2.75, 3.05) is 19.6 Å². The van der Waals surface area contributed by atoms with Crippen LogP contribution in [0.2, 0.25) is 0 Å². The smallest absolute Gasteiger partial charge is 0.230 e. The Kier molecular flexibility index (Phi) is 5.10. The Hall–Kier alpha value is -0.580. The average molecular weight is 360 g/mol. The Bertz CT molecular complexity index is 469. The van der Waals surface area contributed by atoms with Crippen molar-refractivity contribution < 1.29 is 4.79 Å². The molecule has 2 N–H and O–H groups in total. The zero-order chi connectivity index (χ0) is 13.3. The second kappa shape index (κ2) is 6.46. The van der Waals surface area contributed by atoms with Gasteiger partial charge in [0, 0.05) is 30.0 Å². The minimum Gasteiger partial charge on any atom is -0.355 e. The van der Waals surface area contributed by atoms with Crippen LogP contribution in [0.1, 0.15) is 24.8 Å². The molecule has 1 aliphatic carbocycles. The number of nitrogens with one attached hydrogen (secondary N) is 2. The molecule has 0 aromatic heterocycles. The Labute approximate surface area is 134 Å². The molecule has 0 spiro atoms. The first kappa shape index (κ1) is 15.8. The van der Waals surface area contributed by atoms with Crippen LogP contribution in [0.5, 0.6) is 0 Å². The molecular formula is C15H20BrClN2O. The lowest BCUT2D eigenvalue weighted by atomic mass is 9.64. The molecule has 1 aliphatic heterocycles. The molecule has 0 unspecified atom stereocenters. The van der Waals surface area contributed by atoms with Crippen molar-refractivity contribution in [2.45, 2.75) is 24.7 Å². The van der Waals surface area contributed by atoms with E-state index in [2.05, 4.69) is 38.7 Å². The zero-order valence-corrected chi connectivity index (χ0v) is 13.7. The van der Waals surface area contributed by atoms with Gasteiger partial charge in [-0.25, -0.2) is 0 Å². The largest absolute Gasteiger partial charge is 0.355 e. The van der Waals surface area contributed by atoms with Gasteiger partial charge in [-0.05, 0) is 30.5 Å². The van der Waals surface area contributed by atoms with Crippen LogP contribution >= 0.6 is 28.3 Å². The van der Waals surface area contributed by atoms with E-state index in [0.29, 0.717) is 5.92 Å². The van der Waals surface area contributed by atoms with Crippen molar-refractivity contribution in [3.8, 4) is 0 Å². The molecule has 2 fully saturated rings. The van der Waals surface area contributed by atoms with E-state index in [1.807, 2.05) is 12.1 Å². The van der Waals surface area contributed by atoms with Crippen LogP contribution in [-0.2, 0) is 10.2 Å². The summed E-state index contributed by atoms with van der Waals surface area (Å²) in [6, 6.07) is 8.21. The van der Waals surface area contributed by atoms with E-state index in [1.165, 1.54) is 0 Å². The predicted octanol–water partition coefficient (Wildman–Crippen LogP) is 2.63. The summed E-state index contributed by atoms with van der Waals surface area (Å²) in [5.41, 5.74) is 0.893. The Morgan fingerprint density at radius 1 is 1.30 bits per heavy atom. The van der Waals surface area contributed by atoms with E-state index >= 15 is 0 Å². The molecule has 1 saturated heterocycles. The van der Waals surface area contributed by atoms with Crippen LogP contribution in [0.15, 0.2) is 28.7 Å². The van der Waals surface area contributed by atoms with E-state index in [9.17, 15) is 4.79 Å². The fraction of sp³-hybridized carbons (Fsp3) is 0.533. The molecule has 3 nitrogen and oxygen atoms in total. The molecule has 1 aromatic carbocycles. The van der Waals surface area contributed by atoms with E-state index < -0.39 is 0 Å². The summed E-state index contributed by atoms with van der Waals surface area (Å²) in [5, 5.41) is 6.38. The van der Waals surface area contributed by atoms with Crippen LogP contribution in [0.25, 0.3) is 0 Å². The Morgan fingerprint density at radius 2 is 1.95 bits per heavy atom. The lowest BCUT2D eigenvalue weighted by Gasteiger charge is -2.41. The van der Waals surface area contributed by atoms with Gasteiger partial charge in [0.2, 0.25) is 5.91 Å². The molecule has 1 aromatic rings. The Balaban J connectivity index is 0.00000147. The molecule has 1 heterocycles. The number of benzene rings is 1. The van der Waals surface area contributed by atoms with E-state index in [4.69, 9.17) is 0 Å². The fourth-order valence-corrected chi connectivity index (χ4v) is 3.11. The second-order valence-corrected chi connectivity index (χ2v) is 6.59. The summed E-state index contributed by atoms with van der Waals surface area (Å²) in [6.07, 6.45) is 3.10. The van der Waals surface area contributed by atoms with E-state index in [-0.39, 0.29) is 23.7 Å². The molecule has 1 saturated carbocycles. The van der Waals surface area contributed by atoms with Gasteiger partial charge in [-0.15, -0.1) is 12.4 Å². The first-order valence-electron chi connectivity index (χ1n) is 6.96. The summed E-state index contributed by atoms with van der Waals surface area (Å²) in [6.45, 7) is 2.88. The second-order valence-electron chi connectivity index (χ2n) is 5.68. The SMILES string of the molecule is Cl.O=C(NCC1CNC1)C1(c2ccc(Br)cc2)CCC1. The van der Waals surface area contributed by atoms with Gasteiger partial charge in [-0.1, -0.05) is 34.5 Å². The maximum atomic E-state index is 12.5. The third-order valence-corrected chi connectivity index (χ3v) is 4.98. The lowest BCUT2D eigenvalue weighted by Crippen LogP contribution is -2.54. The number of carbonyl (C=O) groups excluding carboxylic acids is 1. The maximum Gasteiger partial charge on any atom is 0.230 e. The summed E-state index contributed by atoms with van der Waals surface area (Å²) in [7, 11) is 0.